The van der Waals surface area contributed by atoms with E-state index in [2.05, 4.69) is 65.6 Å². The number of hydrogen-bond acceptors (Lipinski definition) is 4. The molecule has 2 aromatic carbocycles. The van der Waals surface area contributed by atoms with Crippen molar-refractivity contribution in [3.05, 3.63) is 71.8 Å². The Morgan fingerprint density at radius 1 is 0.826 bits per heavy atom. The van der Waals surface area contributed by atoms with Crippen molar-refractivity contribution < 1.29 is 4.74 Å². The maximum absolute atomic E-state index is 6.30. The van der Waals surface area contributed by atoms with E-state index in [1.807, 2.05) is 21.6 Å². The molecule has 0 atom stereocenters. The average molecular weight is 346 g/mol. The summed E-state index contributed by atoms with van der Waals surface area (Å²) in [6.45, 7) is 4.12. The van der Waals surface area contributed by atoms with Crippen LogP contribution in [0.4, 0.5) is 0 Å². The first kappa shape index (κ1) is 16.9. The predicted octanol–water partition coefficient (Wildman–Crippen LogP) is 4.49. The average Bonchev–Trinajstić information content (AvgIpc) is 2.89. The summed E-state index contributed by atoms with van der Waals surface area (Å²) in [5.41, 5.74) is 2.45. The van der Waals surface area contributed by atoms with Crippen molar-refractivity contribution in [3.8, 4) is 0 Å². The number of nitrogens with zero attached hydrogens (tertiary/aromatic N) is 1. The fourth-order valence-corrected chi connectivity index (χ4v) is 4.78. The summed E-state index contributed by atoms with van der Waals surface area (Å²) in [6.07, 6.45) is 0.0214. The van der Waals surface area contributed by atoms with Gasteiger partial charge in [0.25, 0.3) is 0 Å². The molecule has 0 amide bonds. The van der Waals surface area contributed by atoms with Crippen LogP contribution in [0.2, 0.25) is 0 Å². The fraction of sp³-hybridized carbons (Fsp3) is 0.368. The maximum Gasteiger partial charge on any atom is 0.108 e. The van der Waals surface area contributed by atoms with Crippen LogP contribution in [0.25, 0.3) is 0 Å². The third-order valence-corrected chi connectivity index (χ3v) is 6.33. The molecule has 1 saturated heterocycles. The number of hydrogen-bond donors (Lipinski definition) is 0. The Morgan fingerprint density at radius 2 is 1.35 bits per heavy atom. The maximum atomic E-state index is 6.30. The van der Waals surface area contributed by atoms with E-state index in [-0.39, 0.29) is 6.10 Å². The highest BCUT2D eigenvalue weighted by atomic mass is 33.1. The lowest BCUT2D eigenvalue weighted by Gasteiger charge is -2.23. The fourth-order valence-electron chi connectivity index (χ4n) is 2.73. The third kappa shape index (κ3) is 5.28. The quantitative estimate of drug-likeness (QED) is 0.715. The zero-order valence-electron chi connectivity index (χ0n) is 13.3. The van der Waals surface area contributed by atoms with Gasteiger partial charge in [-0.05, 0) is 11.1 Å². The molecule has 0 N–H and O–H groups in total. The molecule has 0 aliphatic carbocycles. The third-order valence-electron chi connectivity index (χ3n) is 3.96. The molecule has 4 heteroatoms. The van der Waals surface area contributed by atoms with Crippen molar-refractivity contribution in [2.75, 3.05) is 37.7 Å². The molecule has 0 bridgehead atoms. The summed E-state index contributed by atoms with van der Waals surface area (Å²) < 4.78 is 6.30. The summed E-state index contributed by atoms with van der Waals surface area (Å²) in [5, 5.41) is 0. The van der Waals surface area contributed by atoms with Gasteiger partial charge in [-0.25, -0.2) is 0 Å². The van der Waals surface area contributed by atoms with Gasteiger partial charge in [0.05, 0.1) is 6.61 Å². The first-order valence-electron chi connectivity index (χ1n) is 8.12. The zero-order chi connectivity index (χ0) is 15.7. The van der Waals surface area contributed by atoms with Crippen molar-refractivity contribution in [1.29, 1.82) is 0 Å². The van der Waals surface area contributed by atoms with Gasteiger partial charge in [-0.1, -0.05) is 82.3 Å². The van der Waals surface area contributed by atoms with Gasteiger partial charge >= 0.3 is 0 Å². The molecule has 2 aromatic rings. The molecule has 1 aliphatic rings. The van der Waals surface area contributed by atoms with Crippen LogP contribution in [-0.2, 0) is 4.74 Å². The first-order chi connectivity index (χ1) is 11.4. The normalized spacial score (nSPS) is 16.4. The second-order valence-electron chi connectivity index (χ2n) is 5.56. The minimum absolute atomic E-state index is 0.0214. The lowest BCUT2D eigenvalue weighted by Crippen LogP contribution is -2.31. The summed E-state index contributed by atoms with van der Waals surface area (Å²) >= 11 is 0. The van der Waals surface area contributed by atoms with Crippen LogP contribution in [0.1, 0.15) is 17.2 Å². The molecule has 0 radical (unpaired) electrons. The van der Waals surface area contributed by atoms with Crippen LogP contribution in [0.5, 0.6) is 0 Å². The van der Waals surface area contributed by atoms with Crippen LogP contribution >= 0.6 is 21.6 Å². The lowest BCUT2D eigenvalue weighted by atomic mass is 10.0. The number of benzene rings is 2. The summed E-state index contributed by atoms with van der Waals surface area (Å²) in [7, 11) is 3.97. The second kappa shape index (κ2) is 9.38. The monoisotopic (exact) mass is 345 g/mol. The molecule has 0 aromatic heterocycles. The van der Waals surface area contributed by atoms with Gasteiger partial charge in [0.15, 0.2) is 0 Å². The van der Waals surface area contributed by atoms with E-state index < -0.39 is 0 Å². The lowest BCUT2D eigenvalue weighted by molar-refractivity contribution is 0.0624. The molecule has 2 nitrogen and oxygen atoms in total. The first-order valence-corrected chi connectivity index (χ1v) is 10.6. The molecule has 1 fully saturated rings. The van der Waals surface area contributed by atoms with Crippen LogP contribution < -0.4 is 0 Å². The Kier molecular flexibility index (Phi) is 6.89. The van der Waals surface area contributed by atoms with Gasteiger partial charge in [0.1, 0.15) is 6.10 Å². The van der Waals surface area contributed by atoms with E-state index in [0.717, 1.165) is 13.2 Å². The minimum Gasteiger partial charge on any atom is -0.367 e. The SMILES string of the molecule is c1ccc(C(OCCN2CCSSCC2)c2ccccc2)cc1. The van der Waals surface area contributed by atoms with Gasteiger partial charge in [-0.15, -0.1) is 0 Å². The molecule has 1 aliphatic heterocycles. The number of ether oxygens (including phenoxy) is 1. The van der Waals surface area contributed by atoms with Crippen LogP contribution in [0.3, 0.4) is 0 Å². The minimum atomic E-state index is 0.0214. The van der Waals surface area contributed by atoms with Crippen molar-refractivity contribution >= 4 is 21.6 Å². The van der Waals surface area contributed by atoms with Gasteiger partial charge < -0.3 is 4.74 Å². The van der Waals surface area contributed by atoms with Crippen LogP contribution in [0, 0.1) is 0 Å². The Morgan fingerprint density at radius 3 is 1.87 bits per heavy atom. The van der Waals surface area contributed by atoms with Crippen molar-refractivity contribution in [2.24, 2.45) is 0 Å². The number of rotatable bonds is 6. The standard InChI is InChI=1S/C19H23NOS2/c1-3-7-17(8-4-1)19(18-9-5-2-6-10-18)21-14-11-20-12-15-22-23-16-13-20/h1-10,19H,11-16H2. The molecule has 0 unspecified atom stereocenters. The Labute approximate surface area is 147 Å². The van der Waals surface area contributed by atoms with E-state index in [1.165, 1.54) is 35.7 Å². The van der Waals surface area contributed by atoms with Gasteiger partial charge in [0, 0.05) is 31.1 Å². The summed E-state index contributed by atoms with van der Waals surface area (Å²) in [4.78, 5) is 2.51. The highest BCUT2D eigenvalue weighted by Gasteiger charge is 2.15. The van der Waals surface area contributed by atoms with Gasteiger partial charge in [-0.2, -0.15) is 0 Å². The molecule has 1 heterocycles. The topological polar surface area (TPSA) is 12.5 Å². The second-order valence-corrected chi connectivity index (χ2v) is 8.26. The summed E-state index contributed by atoms with van der Waals surface area (Å²) in [5.74, 6) is 2.43. The molecule has 23 heavy (non-hydrogen) atoms. The van der Waals surface area contributed by atoms with E-state index in [4.69, 9.17) is 4.74 Å². The van der Waals surface area contributed by atoms with Crippen molar-refractivity contribution in [1.82, 2.24) is 4.90 Å². The smallest absolute Gasteiger partial charge is 0.108 e. The van der Waals surface area contributed by atoms with Gasteiger partial charge in [0.2, 0.25) is 0 Å². The Hall–Kier alpha value is -0.940. The zero-order valence-corrected chi connectivity index (χ0v) is 14.9. The van der Waals surface area contributed by atoms with Crippen molar-refractivity contribution in [3.63, 3.8) is 0 Å². The molecule has 0 saturated carbocycles. The predicted molar refractivity (Wildman–Crippen MR) is 102 cm³/mol. The Balaban J connectivity index is 1.62. The largest absolute Gasteiger partial charge is 0.367 e. The molecule has 122 valence electrons. The van der Waals surface area contributed by atoms with Gasteiger partial charge in [-0.3, -0.25) is 4.90 Å². The molecule has 3 rings (SSSR count). The Bertz CT molecular complexity index is 517. The molecule has 0 spiro atoms. The van der Waals surface area contributed by atoms with E-state index >= 15 is 0 Å². The molecular formula is C19H23NOS2. The van der Waals surface area contributed by atoms with E-state index in [9.17, 15) is 0 Å². The highest BCUT2D eigenvalue weighted by molar-refractivity contribution is 8.76. The highest BCUT2D eigenvalue weighted by Crippen LogP contribution is 2.26. The van der Waals surface area contributed by atoms with Crippen molar-refractivity contribution in [2.45, 2.75) is 6.10 Å². The van der Waals surface area contributed by atoms with E-state index in [0.29, 0.717) is 0 Å². The van der Waals surface area contributed by atoms with Crippen LogP contribution in [-0.4, -0.2) is 42.6 Å². The van der Waals surface area contributed by atoms with Crippen LogP contribution in [0.15, 0.2) is 60.7 Å². The summed E-state index contributed by atoms with van der Waals surface area (Å²) in [6, 6.07) is 21.0. The molecular weight excluding hydrogens is 322 g/mol. The van der Waals surface area contributed by atoms with E-state index in [1.54, 1.807) is 0 Å².